The topological polar surface area (TPSA) is 65.7 Å². The molecule has 0 bridgehead atoms. The molecule has 0 aliphatic heterocycles. The summed E-state index contributed by atoms with van der Waals surface area (Å²) in [5.74, 6) is 0.771. The average Bonchev–Trinajstić information content (AvgIpc) is 2.97. The van der Waals surface area contributed by atoms with Crippen molar-refractivity contribution in [3.05, 3.63) is 54.1 Å². The lowest BCUT2D eigenvalue weighted by molar-refractivity contribution is 0.316. The van der Waals surface area contributed by atoms with Crippen LogP contribution >= 0.6 is 0 Å². The maximum absolute atomic E-state index is 12.5. The summed E-state index contributed by atoms with van der Waals surface area (Å²) in [5, 5.41) is 0.483. The van der Waals surface area contributed by atoms with Crippen LogP contribution in [0.15, 0.2) is 58.0 Å². The molecule has 126 valence electrons. The highest BCUT2D eigenvalue weighted by Crippen LogP contribution is 2.28. The summed E-state index contributed by atoms with van der Waals surface area (Å²) in [7, 11) is -4.05. The number of hydrogen-bond acceptors (Lipinski definition) is 5. The lowest BCUT2D eigenvalue weighted by atomic mass is 10.2. The highest BCUT2D eigenvalue weighted by molar-refractivity contribution is 7.87. The molecule has 6 heteroatoms. The Morgan fingerprint density at radius 1 is 1.04 bits per heavy atom. The number of rotatable bonds is 6. The van der Waals surface area contributed by atoms with Crippen molar-refractivity contribution in [3.8, 4) is 11.5 Å². The van der Waals surface area contributed by atoms with Gasteiger partial charge in [-0.15, -0.1) is 0 Å². The quantitative estimate of drug-likeness (QED) is 0.623. The number of hydrogen-bond donors (Lipinski definition) is 0. The normalized spacial score (nSPS) is 11.6. The first-order chi connectivity index (χ1) is 11.5. The maximum Gasteiger partial charge on any atom is 0.373 e. The summed E-state index contributed by atoms with van der Waals surface area (Å²) in [6, 6.07) is 13.6. The smallest absolute Gasteiger partial charge is 0.373 e. The van der Waals surface area contributed by atoms with Crippen LogP contribution < -0.4 is 8.92 Å². The fourth-order valence-corrected chi connectivity index (χ4v) is 3.21. The third-order valence-electron chi connectivity index (χ3n) is 3.35. The van der Waals surface area contributed by atoms with E-state index in [1.807, 2.05) is 26.0 Å². The fourth-order valence-electron chi connectivity index (χ4n) is 2.31. The molecule has 0 spiro atoms. The van der Waals surface area contributed by atoms with Gasteiger partial charge in [0.1, 0.15) is 17.1 Å². The molecule has 3 aromatic rings. The number of benzene rings is 2. The molecule has 24 heavy (non-hydrogen) atoms. The van der Waals surface area contributed by atoms with Crippen molar-refractivity contribution in [2.45, 2.75) is 25.4 Å². The highest BCUT2D eigenvalue weighted by atomic mass is 32.2. The zero-order valence-corrected chi connectivity index (χ0v) is 14.3. The highest BCUT2D eigenvalue weighted by Gasteiger charge is 2.22. The van der Waals surface area contributed by atoms with E-state index < -0.39 is 10.1 Å². The van der Waals surface area contributed by atoms with Crippen molar-refractivity contribution in [3.63, 3.8) is 0 Å². The van der Waals surface area contributed by atoms with Gasteiger partial charge in [-0.2, -0.15) is 8.42 Å². The van der Waals surface area contributed by atoms with Gasteiger partial charge in [0.2, 0.25) is 0 Å². The molecule has 0 aliphatic rings. The Hall–Kier alpha value is -2.47. The van der Waals surface area contributed by atoms with Gasteiger partial charge in [-0.1, -0.05) is 25.1 Å². The van der Waals surface area contributed by atoms with E-state index in [2.05, 4.69) is 0 Å². The lowest BCUT2D eigenvalue weighted by Crippen LogP contribution is -2.09. The number of aryl methyl sites for hydroxylation is 1. The van der Waals surface area contributed by atoms with Gasteiger partial charge < -0.3 is 13.3 Å². The third-order valence-corrected chi connectivity index (χ3v) is 4.46. The number of furan rings is 1. The van der Waals surface area contributed by atoms with Crippen molar-refractivity contribution in [1.29, 1.82) is 0 Å². The molecule has 3 rings (SSSR count). The Kier molecular flexibility index (Phi) is 4.49. The van der Waals surface area contributed by atoms with Crippen LogP contribution in [0.4, 0.5) is 0 Å². The molecule has 0 saturated heterocycles. The Morgan fingerprint density at radius 3 is 2.54 bits per heavy atom. The molecule has 0 radical (unpaired) electrons. The predicted octanol–water partition coefficient (Wildman–Crippen LogP) is 4.30. The van der Waals surface area contributed by atoms with E-state index in [1.165, 1.54) is 6.07 Å². The van der Waals surface area contributed by atoms with Crippen LogP contribution in [0.25, 0.3) is 11.0 Å². The molecule has 2 aromatic carbocycles. The third kappa shape index (κ3) is 3.54. The van der Waals surface area contributed by atoms with Crippen LogP contribution in [0.5, 0.6) is 11.5 Å². The molecule has 0 unspecified atom stereocenters. The summed E-state index contributed by atoms with van der Waals surface area (Å²) in [4.78, 5) is 0. The molecule has 0 amide bonds. The van der Waals surface area contributed by atoms with Crippen molar-refractivity contribution in [2.24, 2.45) is 0 Å². The Balaban J connectivity index is 1.90. The number of ether oxygens (including phenoxy) is 1. The van der Waals surface area contributed by atoms with E-state index in [0.29, 0.717) is 23.3 Å². The van der Waals surface area contributed by atoms with Gasteiger partial charge in [0.15, 0.2) is 0 Å². The molecule has 0 saturated carbocycles. The van der Waals surface area contributed by atoms with Crippen LogP contribution in [0.3, 0.4) is 0 Å². The monoisotopic (exact) mass is 346 g/mol. The average molecular weight is 346 g/mol. The van der Waals surface area contributed by atoms with Crippen LogP contribution in [0, 0.1) is 6.92 Å². The Bertz CT molecular complexity index is 923. The van der Waals surface area contributed by atoms with Crippen LogP contribution in [-0.2, 0) is 10.1 Å². The fraction of sp³-hybridized carbons (Fsp3) is 0.222. The Morgan fingerprint density at radius 2 is 1.79 bits per heavy atom. The van der Waals surface area contributed by atoms with Gasteiger partial charge in [0.25, 0.3) is 5.09 Å². The molecule has 1 heterocycles. The zero-order chi connectivity index (χ0) is 17.2. The first-order valence-corrected chi connectivity index (χ1v) is 9.06. The SMILES string of the molecule is CCCOc1cc(C)cc(OS(=O)(=O)c2cc3ccccc3o2)c1. The molecule has 0 atom stereocenters. The number of para-hydroxylation sites is 1. The second-order valence-corrected chi connectivity index (χ2v) is 6.95. The second kappa shape index (κ2) is 6.57. The second-order valence-electron chi connectivity index (χ2n) is 5.47. The minimum Gasteiger partial charge on any atom is -0.493 e. The standard InChI is InChI=1S/C18H18O5S/c1-3-8-21-15-9-13(2)10-16(12-15)23-24(19,20)18-11-14-6-4-5-7-17(14)22-18/h4-7,9-12H,3,8H2,1-2H3. The van der Waals surface area contributed by atoms with Crippen LogP contribution in [0.1, 0.15) is 18.9 Å². The van der Waals surface area contributed by atoms with Gasteiger partial charge >= 0.3 is 10.1 Å². The van der Waals surface area contributed by atoms with Crippen molar-refractivity contribution < 1.29 is 21.8 Å². The minimum atomic E-state index is -4.05. The van der Waals surface area contributed by atoms with Crippen LogP contribution in [-0.4, -0.2) is 15.0 Å². The van der Waals surface area contributed by atoms with Gasteiger partial charge in [-0.05, 0) is 37.1 Å². The molecule has 0 fully saturated rings. The summed E-state index contributed by atoms with van der Waals surface area (Å²) in [6.07, 6.45) is 0.863. The largest absolute Gasteiger partial charge is 0.493 e. The molecule has 5 nitrogen and oxygen atoms in total. The van der Waals surface area contributed by atoms with E-state index in [9.17, 15) is 8.42 Å². The van der Waals surface area contributed by atoms with E-state index >= 15 is 0 Å². The predicted molar refractivity (Wildman–Crippen MR) is 91.0 cm³/mol. The van der Waals surface area contributed by atoms with Gasteiger partial charge in [0, 0.05) is 17.5 Å². The van der Waals surface area contributed by atoms with Gasteiger partial charge in [-0.3, -0.25) is 0 Å². The molecule has 0 N–H and O–H groups in total. The zero-order valence-electron chi connectivity index (χ0n) is 13.5. The summed E-state index contributed by atoms with van der Waals surface area (Å²) < 4.78 is 41.1. The van der Waals surface area contributed by atoms with E-state index in [1.54, 1.807) is 30.3 Å². The van der Waals surface area contributed by atoms with Crippen molar-refractivity contribution in [1.82, 2.24) is 0 Å². The first-order valence-electron chi connectivity index (χ1n) is 7.65. The van der Waals surface area contributed by atoms with Crippen molar-refractivity contribution >= 4 is 21.1 Å². The molecule has 0 aliphatic carbocycles. The van der Waals surface area contributed by atoms with E-state index in [4.69, 9.17) is 13.3 Å². The van der Waals surface area contributed by atoms with Crippen molar-refractivity contribution in [2.75, 3.05) is 6.61 Å². The van der Waals surface area contributed by atoms with E-state index in [-0.39, 0.29) is 10.8 Å². The molecular weight excluding hydrogens is 328 g/mol. The number of fused-ring (bicyclic) bond motifs is 1. The summed E-state index contributed by atoms with van der Waals surface area (Å²) in [5.41, 5.74) is 1.34. The Labute approximate surface area is 140 Å². The minimum absolute atomic E-state index is 0.196. The summed E-state index contributed by atoms with van der Waals surface area (Å²) >= 11 is 0. The van der Waals surface area contributed by atoms with Crippen LogP contribution in [0.2, 0.25) is 0 Å². The summed E-state index contributed by atoms with van der Waals surface area (Å²) in [6.45, 7) is 4.40. The van der Waals surface area contributed by atoms with E-state index in [0.717, 1.165) is 12.0 Å². The van der Waals surface area contributed by atoms with Gasteiger partial charge in [0.05, 0.1) is 6.61 Å². The lowest BCUT2D eigenvalue weighted by Gasteiger charge is -2.09. The first kappa shape index (κ1) is 16.4. The van der Waals surface area contributed by atoms with Gasteiger partial charge in [-0.25, -0.2) is 0 Å². The maximum atomic E-state index is 12.5. The molecular formula is C18H18O5S. The molecule has 1 aromatic heterocycles.